The molecule has 0 aromatic rings. The van der Waals surface area contributed by atoms with Crippen LogP contribution in [0.3, 0.4) is 0 Å². The van der Waals surface area contributed by atoms with Gasteiger partial charge in [0.2, 0.25) is 0 Å². The molecule has 1 heterocycles. The van der Waals surface area contributed by atoms with Crippen LogP contribution in [-0.2, 0) is 42.9 Å². The molecule has 1 aliphatic rings. The third kappa shape index (κ3) is 45.0. The number of hydrogen-bond donors (Lipinski definition) is 3. The van der Waals surface area contributed by atoms with E-state index in [1.54, 1.807) is 0 Å². The summed E-state index contributed by atoms with van der Waals surface area (Å²) in [6.07, 6.45) is 55.1. The Hall–Kier alpha value is -3.32. The number of aliphatic hydroxyl groups excluding tert-OH is 2. The molecule has 0 aromatic heterocycles. The lowest BCUT2D eigenvalue weighted by Gasteiger charge is -2.40. The first-order valence-electron chi connectivity index (χ1n) is 32.6. The Morgan fingerprint density at radius 3 is 1.22 bits per heavy atom. The average Bonchev–Trinajstić information content (AvgIpc) is 3.46. The summed E-state index contributed by atoms with van der Waals surface area (Å²) in [7, 11) is 0. The Bertz CT molecular complexity index is 1560. The molecular formula is C67H118O12. The van der Waals surface area contributed by atoms with E-state index in [1.165, 1.54) is 161 Å². The Labute approximate surface area is 482 Å². The second-order valence-corrected chi connectivity index (χ2v) is 22.4. The zero-order valence-electron chi connectivity index (χ0n) is 50.6. The van der Waals surface area contributed by atoms with E-state index >= 15 is 0 Å². The van der Waals surface area contributed by atoms with E-state index in [2.05, 4.69) is 69.4 Å². The molecular weight excluding hydrogens is 997 g/mol. The second kappa shape index (κ2) is 55.2. The van der Waals surface area contributed by atoms with Gasteiger partial charge in [-0.2, -0.15) is 0 Å². The van der Waals surface area contributed by atoms with E-state index < -0.39 is 67.3 Å². The van der Waals surface area contributed by atoms with E-state index in [4.69, 9.17) is 23.7 Å². The molecule has 0 amide bonds. The zero-order valence-corrected chi connectivity index (χ0v) is 50.6. The van der Waals surface area contributed by atoms with Crippen molar-refractivity contribution in [2.75, 3.05) is 13.2 Å². The summed E-state index contributed by atoms with van der Waals surface area (Å²) in [6.45, 7) is 5.89. The van der Waals surface area contributed by atoms with Gasteiger partial charge in [0.25, 0.3) is 0 Å². The number of rotatable bonds is 56. The van der Waals surface area contributed by atoms with E-state index in [9.17, 15) is 34.5 Å². The highest BCUT2D eigenvalue weighted by Gasteiger charge is 2.50. The number of unbranched alkanes of at least 4 members (excludes halogenated alkanes) is 34. The molecule has 0 aliphatic carbocycles. The second-order valence-electron chi connectivity index (χ2n) is 22.4. The molecule has 0 saturated carbocycles. The van der Waals surface area contributed by atoms with E-state index in [-0.39, 0.29) is 25.9 Å². The molecule has 1 saturated heterocycles. The van der Waals surface area contributed by atoms with Gasteiger partial charge in [-0.3, -0.25) is 14.4 Å². The molecule has 12 heteroatoms. The Morgan fingerprint density at radius 1 is 0.430 bits per heavy atom. The van der Waals surface area contributed by atoms with Crippen LogP contribution in [0.25, 0.3) is 0 Å². The largest absolute Gasteiger partial charge is 0.479 e. The summed E-state index contributed by atoms with van der Waals surface area (Å²) < 4.78 is 28.5. The standard InChI is InChI=1S/C67H118O12/c1-4-7-10-13-16-19-22-25-28-29-30-31-34-37-40-43-46-49-52-55-61(70)78-65-63(72)62(71)64(66(73)74)79-67(65)76-57-58(77-60(69)54-51-48-45-42-39-36-33-27-24-21-18-15-12-9-6-3)56-75-59(68)53-50-47-44-41-38-35-32-26-23-20-17-14-11-8-5-2/h8,11,17,20,26,32,38,41,58,62-65,67,71-72H,4-7,9-10,12-16,18-19,21-25,27-31,33-37,39-40,42-57H2,1-3H3,(H,73,74)/b11-8-,20-17-,32-26-,41-38-. The van der Waals surface area contributed by atoms with Crippen molar-refractivity contribution in [2.45, 2.75) is 340 Å². The van der Waals surface area contributed by atoms with Crippen LogP contribution in [0.2, 0.25) is 0 Å². The van der Waals surface area contributed by atoms with Crippen LogP contribution in [0.1, 0.15) is 303 Å². The minimum Gasteiger partial charge on any atom is -0.479 e. The molecule has 6 atom stereocenters. The summed E-state index contributed by atoms with van der Waals surface area (Å²) in [5.41, 5.74) is 0. The average molecular weight is 1120 g/mol. The smallest absolute Gasteiger partial charge is 0.335 e. The molecule has 0 bridgehead atoms. The number of ether oxygens (including phenoxy) is 5. The van der Waals surface area contributed by atoms with E-state index in [0.717, 1.165) is 83.5 Å². The van der Waals surface area contributed by atoms with Crippen molar-refractivity contribution < 1.29 is 58.2 Å². The number of aliphatic hydroxyl groups is 2. The minimum absolute atomic E-state index is 0.0617. The topological polar surface area (TPSA) is 175 Å². The normalized spacial score (nSPS) is 18.1. The first-order valence-corrected chi connectivity index (χ1v) is 32.6. The number of carbonyl (C=O) groups excluding carboxylic acids is 3. The van der Waals surface area contributed by atoms with Crippen LogP contribution < -0.4 is 0 Å². The highest BCUT2D eigenvalue weighted by Crippen LogP contribution is 2.27. The number of carboxylic acids is 1. The monoisotopic (exact) mass is 1110 g/mol. The number of allylic oxidation sites excluding steroid dienone is 8. The highest BCUT2D eigenvalue weighted by atomic mass is 16.7. The maximum Gasteiger partial charge on any atom is 0.335 e. The number of esters is 3. The fourth-order valence-corrected chi connectivity index (χ4v) is 9.95. The molecule has 3 N–H and O–H groups in total. The summed E-state index contributed by atoms with van der Waals surface area (Å²) in [6, 6.07) is 0. The van der Waals surface area contributed by atoms with Crippen molar-refractivity contribution in [3.63, 3.8) is 0 Å². The Morgan fingerprint density at radius 2 is 0.797 bits per heavy atom. The van der Waals surface area contributed by atoms with Crippen molar-refractivity contribution in [1.29, 1.82) is 0 Å². The molecule has 0 radical (unpaired) electrons. The molecule has 0 aromatic carbocycles. The SMILES string of the molecule is CC/C=C\C/C=C\C/C=C\C/C=C\CCCCC(=O)OCC(COC1OC(C(=O)O)C(O)C(O)C1OC(=O)CCCCCCCCCCCCCCCCCCCCC)OC(=O)CCCCCCCCCCCCCCCCC. The van der Waals surface area contributed by atoms with E-state index in [0.29, 0.717) is 19.3 Å². The van der Waals surface area contributed by atoms with Gasteiger partial charge in [-0.1, -0.05) is 275 Å². The lowest BCUT2D eigenvalue weighted by atomic mass is 9.98. The summed E-state index contributed by atoms with van der Waals surface area (Å²) >= 11 is 0. The molecule has 1 fully saturated rings. The predicted molar refractivity (Wildman–Crippen MR) is 322 cm³/mol. The van der Waals surface area contributed by atoms with Gasteiger partial charge >= 0.3 is 23.9 Å². The van der Waals surface area contributed by atoms with Gasteiger partial charge < -0.3 is 39.0 Å². The highest BCUT2D eigenvalue weighted by molar-refractivity contribution is 5.74. The van der Waals surface area contributed by atoms with Crippen molar-refractivity contribution in [3.05, 3.63) is 48.6 Å². The summed E-state index contributed by atoms with van der Waals surface area (Å²) in [5, 5.41) is 31.6. The number of aliphatic carboxylic acids is 1. The van der Waals surface area contributed by atoms with Crippen LogP contribution in [0, 0.1) is 0 Å². The number of hydrogen-bond acceptors (Lipinski definition) is 11. The first kappa shape index (κ1) is 73.7. The van der Waals surface area contributed by atoms with Gasteiger partial charge in [0, 0.05) is 19.3 Å². The maximum atomic E-state index is 13.2. The van der Waals surface area contributed by atoms with Gasteiger partial charge in [0.1, 0.15) is 18.8 Å². The fraction of sp³-hybridized carbons (Fsp3) is 0.821. The van der Waals surface area contributed by atoms with Crippen LogP contribution in [-0.4, -0.2) is 89.2 Å². The van der Waals surface area contributed by atoms with E-state index in [1.807, 2.05) is 0 Å². The van der Waals surface area contributed by atoms with Gasteiger partial charge in [0.15, 0.2) is 24.6 Å². The fourth-order valence-electron chi connectivity index (χ4n) is 9.95. The van der Waals surface area contributed by atoms with Gasteiger partial charge in [-0.15, -0.1) is 0 Å². The Kier molecular flexibility index (Phi) is 51.5. The first-order chi connectivity index (χ1) is 38.6. The van der Waals surface area contributed by atoms with Crippen LogP contribution in [0.4, 0.5) is 0 Å². The third-order valence-corrected chi connectivity index (χ3v) is 14.9. The van der Waals surface area contributed by atoms with Crippen molar-refractivity contribution >= 4 is 23.9 Å². The van der Waals surface area contributed by atoms with Crippen molar-refractivity contribution in [1.82, 2.24) is 0 Å². The predicted octanol–water partition coefficient (Wildman–Crippen LogP) is 17.3. The quantitative estimate of drug-likeness (QED) is 0.0228. The lowest BCUT2D eigenvalue weighted by Crippen LogP contribution is -2.61. The molecule has 458 valence electrons. The van der Waals surface area contributed by atoms with Gasteiger partial charge in [-0.25, -0.2) is 4.79 Å². The van der Waals surface area contributed by atoms with Gasteiger partial charge in [-0.05, 0) is 57.8 Å². The molecule has 1 rings (SSSR count). The third-order valence-electron chi connectivity index (χ3n) is 14.9. The molecule has 12 nitrogen and oxygen atoms in total. The van der Waals surface area contributed by atoms with Crippen LogP contribution in [0.5, 0.6) is 0 Å². The molecule has 1 aliphatic heterocycles. The zero-order chi connectivity index (χ0) is 57.5. The van der Waals surface area contributed by atoms with Gasteiger partial charge in [0.05, 0.1) is 6.61 Å². The summed E-state index contributed by atoms with van der Waals surface area (Å²) in [4.78, 5) is 51.3. The summed E-state index contributed by atoms with van der Waals surface area (Å²) in [5.74, 6) is -3.14. The maximum absolute atomic E-state index is 13.2. The Balaban J connectivity index is 2.65. The molecule has 6 unspecified atom stereocenters. The molecule has 79 heavy (non-hydrogen) atoms. The lowest BCUT2D eigenvalue weighted by molar-refractivity contribution is -0.301. The van der Waals surface area contributed by atoms with Crippen LogP contribution in [0.15, 0.2) is 48.6 Å². The number of carbonyl (C=O) groups is 4. The number of carboxylic acid groups (broad SMARTS) is 1. The minimum atomic E-state index is -1.91. The van der Waals surface area contributed by atoms with Crippen molar-refractivity contribution in [3.8, 4) is 0 Å². The van der Waals surface area contributed by atoms with Crippen LogP contribution >= 0.6 is 0 Å². The molecule has 0 spiro atoms. The van der Waals surface area contributed by atoms with Crippen molar-refractivity contribution in [2.24, 2.45) is 0 Å².